The van der Waals surface area contributed by atoms with Crippen LogP contribution < -0.4 is 0 Å². The number of rotatable bonds is 10. The number of hydrogen-bond acceptors (Lipinski definition) is 4. The van der Waals surface area contributed by atoms with Crippen molar-refractivity contribution in [2.75, 3.05) is 6.61 Å². The fraction of sp³-hybridized carbons (Fsp3) is 1.00. The van der Waals surface area contributed by atoms with Crippen LogP contribution in [0.1, 0.15) is 81.1 Å². The zero-order valence-corrected chi connectivity index (χ0v) is 15.9. The lowest BCUT2D eigenvalue weighted by atomic mass is 9.96. The lowest BCUT2D eigenvalue weighted by Crippen LogP contribution is -2.32. The van der Waals surface area contributed by atoms with Gasteiger partial charge in [0.15, 0.2) is 12.6 Å². The van der Waals surface area contributed by atoms with Gasteiger partial charge in [0.1, 0.15) is 0 Å². The van der Waals surface area contributed by atoms with Crippen LogP contribution in [0.25, 0.3) is 0 Å². The summed E-state index contributed by atoms with van der Waals surface area (Å²) < 4.78 is 17.4. The molecular formula is C18H38O4. The van der Waals surface area contributed by atoms with Crippen LogP contribution >= 0.6 is 0 Å². The second-order valence-electron chi connectivity index (χ2n) is 8.10. The molecule has 0 bridgehead atoms. The van der Waals surface area contributed by atoms with E-state index >= 15 is 0 Å². The summed E-state index contributed by atoms with van der Waals surface area (Å²) in [5.74, 6) is 0. The quantitative estimate of drug-likeness (QED) is 0.476. The molecule has 4 heteroatoms. The monoisotopic (exact) mass is 318 g/mol. The third kappa shape index (κ3) is 11.4. The van der Waals surface area contributed by atoms with Gasteiger partial charge >= 0.3 is 0 Å². The zero-order valence-electron chi connectivity index (χ0n) is 15.9. The molecule has 0 aliphatic heterocycles. The van der Waals surface area contributed by atoms with Gasteiger partial charge in [-0.1, -0.05) is 27.7 Å². The van der Waals surface area contributed by atoms with Crippen LogP contribution in [0.5, 0.6) is 0 Å². The first-order valence-corrected chi connectivity index (χ1v) is 8.58. The topological polar surface area (TPSA) is 47.9 Å². The van der Waals surface area contributed by atoms with E-state index in [1.165, 1.54) is 0 Å². The standard InChI is InChI=1S/C18H38O4/c1-9-14(2)21-15(22-18(6,7)8)12-10-11-13-20-16(19)17(3,4)5/h14-16,19H,9-13H2,1-8H3. The molecule has 1 N–H and O–H groups in total. The van der Waals surface area contributed by atoms with Crippen molar-refractivity contribution in [3.8, 4) is 0 Å². The van der Waals surface area contributed by atoms with Gasteiger partial charge in [-0.25, -0.2) is 0 Å². The molecule has 3 atom stereocenters. The predicted octanol–water partition coefficient (Wildman–Crippen LogP) is 4.49. The summed E-state index contributed by atoms with van der Waals surface area (Å²) in [6.07, 6.45) is 2.97. The van der Waals surface area contributed by atoms with Gasteiger partial charge < -0.3 is 19.3 Å². The molecule has 134 valence electrons. The molecule has 0 fully saturated rings. The Morgan fingerprint density at radius 1 is 1.00 bits per heavy atom. The van der Waals surface area contributed by atoms with Crippen molar-refractivity contribution in [2.45, 2.75) is 105 Å². The van der Waals surface area contributed by atoms with Gasteiger partial charge in [-0.3, -0.25) is 0 Å². The Bertz CT molecular complexity index is 278. The molecule has 0 amide bonds. The second-order valence-corrected chi connectivity index (χ2v) is 8.10. The Kier molecular flexibility index (Phi) is 9.79. The van der Waals surface area contributed by atoms with Crippen molar-refractivity contribution >= 4 is 0 Å². The maximum absolute atomic E-state index is 9.83. The first-order valence-electron chi connectivity index (χ1n) is 8.58. The van der Waals surface area contributed by atoms with Crippen LogP contribution in [0, 0.1) is 5.41 Å². The Morgan fingerprint density at radius 2 is 1.59 bits per heavy atom. The Morgan fingerprint density at radius 3 is 2.05 bits per heavy atom. The van der Waals surface area contributed by atoms with Gasteiger partial charge in [0, 0.05) is 12.0 Å². The van der Waals surface area contributed by atoms with Crippen molar-refractivity contribution in [2.24, 2.45) is 5.41 Å². The van der Waals surface area contributed by atoms with Gasteiger partial charge in [0.2, 0.25) is 0 Å². The highest BCUT2D eigenvalue weighted by atomic mass is 16.7. The third-order valence-corrected chi connectivity index (χ3v) is 3.29. The fourth-order valence-corrected chi connectivity index (χ4v) is 1.76. The SMILES string of the molecule is CCC(C)OC(CCCCOC(O)C(C)(C)C)OC(C)(C)C. The molecule has 0 rings (SSSR count). The summed E-state index contributed by atoms with van der Waals surface area (Å²) in [5.41, 5.74) is -0.450. The molecule has 0 aliphatic rings. The van der Waals surface area contributed by atoms with E-state index < -0.39 is 6.29 Å². The number of unbranched alkanes of at least 4 members (excludes halogenated alkanes) is 1. The summed E-state index contributed by atoms with van der Waals surface area (Å²) in [6, 6.07) is 0. The van der Waals surface area contributed by atoms with Crippen molar-refractivity contribution in [1.29, 1.82) is 0 Å². The van der Waals surface area contributed by atoms with Gasteiger partial charge in [0.25, 0.3) is 0 Å². The Labute approximate surface area is 137 Å². The lowest BCUT2D eigenvalue weighted by Gasteiger charge is -2.29. The summed E-state index contributed by atoms with van der Waals surface area (Å²) in [5, 5.41) is 9.83. The van der Waals surface area contributed by atoms with Crippen molar-refractivity contribution < 1.29 is 19.3 Å². The number of ether oxygens (including phenoxy) is 3. The van der Waals surface area contributed by atoms with E-state index in [0.717, 1.165) is 25.7 Å². The van der Waals surface area contributed by atoms with Crippen molar-refractivity contribution in [3.63, 3.8) is 0 Å². The van der Waals surface area contributed by atoms with Crippen LogP contribution in [0.4, 0.5) is 0 Å². The number of hydrogen-bond donors (Lipinski definition) is 1. The Hall–Kier alpha value is -0.160. The minimum atomic E-state index is -0.717. The fourth-order valence-electron chi connectivity index (χ4n) is 1.76. The molecule has 0 aromatic rings. The average Bonchev–Trinajstić information content (AvgIpc) is 2.34. The molecule has 0 saturated heterocycles. The van der Waals surface area contributed by atoms with Crippen molar-refractivity contribution in [1.82, 2.24) is 0 Å². The van der Waals surface area contributed by atoms with E-state index in [9.17, 15) is 5.11 Å². The lowest BCUT2D eigenvalue weighted by molar-refractivity contribution is -0.216. The van der Waals surface area contributed by atoms with Gasteiger partial charge in [-0.15, -0.1) is 0 Å². The maximum Gasteiger partial charge on any atom is 0.159 e. The maximum atomic E-state index is 9.83. The third-order valence-electron chi connectivity index (χ3n) is 3.29. The molecule has 0 aromatic carbocycles. The molecular weight excluding hydrogens is 280 g/mol. The van der Waals surface area contributed by atoms with E-state index in [2.05, 4.69) is 13.8 Å². The van der Waals surface area contributed by atoms with Crippen LogP contribution in [-0.4, -0.2) is 36.0 Å². The first-order chi connectivity index (χ1) is 9.95. The molecule has 22 heavy (non-hydrogen) atoms. The second kappa shape index (κ2) is 9.86. The highest BCUT2D eigenvalue weighted by Gasteiger charge is 2.23. The molecule has 0 aliphatic carbocycles. The number of aliphatic hydroxyl groups is 1. The molecule has 0 aromatic heterocycles. The molecule has 0 spiro atoms. The van der Waals surface area contributed by atoms with E-state index in [1.54, 1.807) is 0 Å². The normalized spacial score (nSPS) is 17.3. The largest absolute Gasteiger partial charge is 0.368 e. The van der Waals surface area contributed by atoms with E-state index in [-0.39, 0.29) is 23.4 Å². The average molecular weight is 318 g/mol. The van der Waals surface area contributed by atoms with Gasteiger partial charge in [0.05, 0.1) is 11.7 Å². The highest BCUT2D eigenvalue weighted by molar-refractivity contribution is 4.65. The highest BCUT2D eigenvalue weighted by Crippen LogP contribution is 2.21. The first kappa shape index (κ1) is 21.8. The predicted molar refractivity (Wildman–Crippen MR) is 90.7 cm³/mol. The molecule has 0 radical (unpaired) electrons. The van der Waals surface area contributed by atoms with Crippen molar-refractivity contribution in [3.05, 3.63) is 0 Å². The summed E-state index contributed by atoms with van der Waals surface area (Å²) in [4.78, 5) is 0. The Balaban J connectivity index is 4.07. The van der Waals surface area contributed by atoms with Crippen LogP contribution in [0.2, 0.25) is 0 Å². The van der Waals surface area contributed by atoms with Crippen LogP contribution in [-0.2, 0) is 14.2 Å². The van der Waals surface area contributed by atoms with E-state index in [4.69, 9.17) is 14.2 Å². The molecule has 4 nitrogen and oxygen atoms in total. The summed E-state index contributed by atoms with van der Waals surface area (Å²) in [7, 11) is 0. The smallest absolute Gasteiger partial charge is 0.159 e. The van der Waals surface area contributed by atoms with Gasteiger partial charge in [-0.05, 0) is 53.4 Å². The summed E-state index contributed by atoms with van der Waals surface area (Å²) in [6.45, 7) is 16.8. The molecule has 0 heterocycles. The number of aliphatic hydroxyl groups excluding tert-OH is 1. The molecule has 3 unspecified atom stereocenters. The zero-order chi connectivity index (χ0) is 17.4. The van der Waals surface area contributed by atoms with Gasteiger partial charge in [-0.2, -0.15) is 0 Å². The minimum absolute atomic E-state index is 0.178. The van der Waals surface area contributed by atoms with Crippen LogP contribution in [0.3, 0.4) is 0 Å². The van der Waals surface area contributed by atoms with E-state index in [1.807, 2.05) is 41.5 Å². The van der Waals surface area contributed by atoms with E-state index in [0.29, 0.717) is 6.61 Å². The summed E-state index contributed by atoms with van der Waals surface area (Å²) >= 11 is 0. The molecule has 0 saturated carbocycles. The minimum Gasteiger partial charge on any atom is -0.368 e. The van der Waals surface area contributed by atoms with Crippen LogP contribution in [0.15, 0.2) is 0 Å².